The van der Waals surface area contributed by atoms with Gasteiger partial charge in [0.2, 0.25) is 5.91 Å². The molecule has 2 aromatic rings. The van der Waals surface area contributed by atoms with Crippen molar-refractivity contribution in [3.8, 4) is 0 Å². The molecular weight excluding hydrogens is 402 g/mol. The lowest BCUT2D eigenvalue weighted by Crippen LogP contribution is -2.55. The molecule has 31 heavy (non-hydrogen) atoms. The summed E-state index contributed by atoms with van der Waals surface area (Å²) in [7, 11) is 0. The summed E-state index contributed by atoms with van der Waals surface area (Å²) >= 11 is 0. The van der Waals surface area contributed by atoms with Gasteiger partial charge in [-0.25, -0.2) is 0 Å². The second-order valence-electron chi connectivity index (χ2n) is 7.27. The number of aliphatic hydroxyl groups is 1. The number of amides is 3. The highest BCUT2D eigenvalue weighted by molar-refractivity contribution is 6.05. The summed E-state index contributed by atoms with van der Waals surface area (Å²) in [6, 6.07) is 11.4. The number of nitrogens with two attached hydrogens (primary N) is 1. The van der Waals surface area contributed by atoms with Crippen LogP contribution >= 0.6 is 0 Å². The third-order valence-electron chi connectivity index (χ3n) is 5.17. The average molecular weight is 423 g/mol. The zero-order valence-corrected chi connectivity index (χ0v) is 16.4. The van der Waals surface area contributed by atoms with Crippen LogP contribution in [0, 0.1) is 5.41 Å². The number of amidine groups is 1. The number of nitrogens with zero attached hydrogens (tertiary/aromatic N) is 1. The quantitative estimate of drug-likeness (QED) is 0.341. The number of nitrogen functional groups attached to an aromatic ring is 1. The number of nitrogens with one attached hydrogen (secondary N) is 3. The average Bonchev–Trinajstić information content (AvgIpc) is 3.13. The van der Waals surface area contributed by atoms with Gasteiger partial charge in [0.05, 0.1) is 13.0 Å². The molecule has 3 amide bonds. The van der Waals surface area contributed by atoms with Gasteiger partial charge in [0, 0.05) is 29.2 Å². The molecule has 0 aromatic heterocycles. The molecule has 0 unspecified atom stereocenters. The first kappa shape index (κ1) is 20.5. The number of hydrogen-bond acceptors (Lipinski definition) is 6. The van der Waals surface area contributed by atoms with E-state index < -0.39 is 24.0 Å². The normalized spacial score (nSPS) is 18.9. The highest BCUT2D eigenvalue weighted by atomic mass is 16.5. The van der Waals surface area contributed by atoms with Crippen molar-refractivity contribution in [2.24, 2.45) is 5.73 Å². The highest BCUT2D eigenvalue weighted by Crippen LogP contribution is 2.29. The molecule has 0 radical (unpaired) electrons. The Hall–Kier alpha value is -3.76. The number of ether oxygens (including phenoxy) is 1. The van der Waals surface area contributed by atoms with Gasteiger partial charge in [0.25, 0.3) is 11.8 Å². The maximum Gasteiger partial charge on any atom is 0.259 e. The maximum absolute atomic E-state index is 12.9. The number of hydrogen-bond donors (Lipinski definition) is 5. The van der Waals surface area contributed by atoms with Crippen molar-refractivity contribution in [1.82, 2.24) is 0 Å². The van der Waals surface area contributed by atoms with Crippen molar-refractivity contribution in [3.05, 3.63) is 53.6 Å². The molecule has 2 aromatic carbocycles. The van der Waals surface area contributed by atoms with E-state index in [1.54, 1.807) is 30.3 Å². The van der Waals surface area contributed by atoms with Crippen LogP contribution in [0.2, 0.25) is 0 Å². The standard InChI is InChI=1S/C21H21N5O5/c22-19(23)11-1-3-13(4-2-11)24-20(29)17(28)18-21(30)26(7-8-31-18)14-5-6-15-12(9-14)10-16(27)25-15/h1-6,9,17-18,28H,7-8,10H2,(H3,22,23)(H,24,29)(H,25,27)/t17-,18-/m1/s1. The summed E-state index contributed by atoms with van der Waals surface area (Å²) in [5.41, 5.74) is 8.34. The summed E-state index contributed by atoms with van der Waals surface area (Å²) in [5, 5.41) is 23.1. The molecule has 6 N–H and O–H groups in total. The Labute approximate surface area is 177 Å². The summed E-state index contributed by atoms with van der Waals surface area (Å²) in [6.45, 7) is 0.401. The van der Waals surface area contributed by atoms with Gasteiger partial charge in [0.1, 0.15) is 5.84 Å². The number of aliphatic hydroxyl groups excluding tert-OH is 1. The minimum Gasteiger partial charge on any atom is -0.384 e. The topological polar surface area (TPSA) is 158 Å². The number of carbonyl (C=O) groups excluding carboxylic acids is 3. The fourth-order valence-corrected chi connectivity index (χ4v) is 3.56. The molecule has 1 fully saturated rings. The Balaban J connectivity index is 1.46. The monoisotopic (exact) mass is 423 g/mol. The molecule has 0 spiro atoms. The van der Waals surface area contributed by atoms with E-state index in [1.807, 2.05) is 0 Å². The van der Waals surface area contributed by atoms with E-state index in [0.29, 0.717) is 22.6 Å². The van der Waals surface area contributed by atoms with E-state index in [2.05, 4.69) is 10.6 Å². The van der Waals surface area contributed by atoms with Crippen molar-refractivity contribution in [2.45, 2.75) is 18.6 Å². The predicted octanol–water partition coefficient (Wildman–Crippen LogP) is 0.197. The third kappa shape index (κ3) is 4.11. The minimum atomic E-state index is -1.72. The van der Waals surface area contributed by atoms with Crippen molar-refractivity contribution in [1.29, 1.82) is 5.41 Å². The predicted molar refractivity (Wildman–Crippen MR) is 113 cm³/mol. The van der Waals surface area contributed by atoms with E-state index in [4.69, 9.17) is 15.9 Å². The minimum absolute atomic E-state index is 0.106. The van der Waals surface area contributed by atoms with E-state index in [-0.39, 0.29) is 31.3 Å². The zero-order chi connectivity index (χ0) is 22.1. The molecular formula is C21H21N5O5. The Bertz CT molecular complexity index is 1070. The zero-order valence-electron chi connectivity index (χ0n) is 16.4. The fourth-order valence-electron chi connectivity index (χ4n) is 3.56. The first-order valence-corrected chi connectivity index (χ1v) is 9.62. The molecule has 1 saturated heterocycles. The molecule has 2 atom stereocenters. The van der Waals surface area contributed by atoms with E-state index >= 15 is 0 Å². The molecule has 2 heterocycles. The lowest BCUT2D eigenvalue weighted by Gasteiger charge is -2.34. The first-order chi connectivity index (χ1) is 14.8. The molecule has 4 rings (SSSR count). The van der Waals surface area contributed by atoms with Crippen molar-refractivity contribution < 1.29 is 24.2 Å². The van der Waals surface area contributed by atoms with Gasteiger partial charge in [-0.15, -0.1) is 0 Å². The molecule has 2 aliphatic rings. The van der Waals surface area contributed by atoms with Gasteiger partial charge in [-0.2, -0.15) is 0 Å². The molecule has 0 bridgehead atoms. The number of rotatable bonds is 5. The SMILES string of the molecule is N=C(N)c1ccc(NC(=O)[C@H](O)[C@H]2OCCN(c3ccc4c(c3)CC(=O)N4)C2=O)cc1. The van der Waals surface area contributed by atoms with Gasteiger partial charge < -0.3 is 31.1 Å². The summed E-state index contributed by atoms with van der Waals surface area (Å²) in [6.07, 6.45) is -2.85. The Morgan fingerprint density at radius 2 is 2.00 bits per heavy atom. The van der Waals surface area contributed by atoms with Crippen LogP contribution in [0.4, 0.5) is 17.1 Å². The van der Waals surface area contributed by atoms with Crippen LogP contribution in [0.15, 0.2) is 42.5 Å². The molecule has 2 aliphatic heterocycles. The van der Waals surface area contributed by atoms with Crippen LogP contribution in [0.3, 0.4) is 0 Å². The number of carbonyl (C=O) groups is 3. The second-order valence-corrected chi connectivity index (χ2v) is 7.27. The summed E-state index contributed by atoms with van der Waals surface area (Å²) in [5.74, 6) is -1.55. The van der Waals surface area contributed by atoms with Crippen LogP contribution in [-0.2, 0) is 25.5 Å². The Morgan fingerprint density at radius 1 is 1.26 bits per heavy atom. The van der Waals surface area contributed by atoms with E-state index in [9.17, 15) is 19.5 Å². The molecule has 0 aliphatic carbocycles. The lowest BCUT2D eigenvalue weighted by atomic mass is 10.1. The molecule has 10 nitrogen and oxygen atoms in total. The Kier molecular flexibility index (Phi) is 5.40. The number of morpholine rings is 1. The smallest absolute Gasteiger partial charge is 0.259 e. The van der Waals surface area contributed by atoms with Gasteiger partial charge >= 0.3 is 0 Å². The number of anilines is 3. The van der Waals surface area contributed by atoms with Crippen LogP contribution in [0.1, 0.15) is 11.1 Å². The van der Waals surface area contributed by atoms with Crippen molar-refractivity contribution in [3.63, 3.8) is 0 Å². The van der Waals surface area contributed by atoms with Crippen LogP contribution < -0.4 is 21.3 Å². The van der Waals surface area contributed by atoms with Crippen LogP contribution in [0.25, 0.3) is 0 Å². The van der Waals surface area contributed by atoms with Crippen molar-refractivity contribution >= 4 is 40.6 Å². The van der Waals surface area contributed by atoms with Gasteiger partial charge in [-0.1, -0.05) is 0 Å². The van der Waals surface area contributed by atoms with Gasteiger partial charge in [0.15, 0.2) is 12.2 Å². The van der Waals surface area contributed by atoms with Crippen LogP contribution in [0.5, 0.6) is 0 Å². The molecule has 0 saturated carbocycles. The fraction of sp³-hybridized carbons (Fsp3) is 0.238. The lowest BCUT2D eigenvalue weighted by molar-refractivity contribution is -0.150. The molecule has 10 heteroatoms. The van der Waals surface area contributed by atoms with Crippen LogP contribution in [-0.4, -0.2) is 54.0 Å². The summed E-state index contributed by atoms with van der Waals surface area (Å²) in [4.78, 5) is 38.4. The number of benzene rings is 2. The maximum atomic E-state index is 12.9. The van der Waals surface area contributed by atoms with Gasteiger partial charge in [-0.3, -0.25) is 19.8 Å². The van der Waals surface area contributed by atoms with Crippen molar-refractivity contribution in [2.75, 3.05) is 28.7 Å². The Morgan fingerprint density at radius 3 is 2.71 bits per heavy atom. The summed E-state index contributed by atoms with van der Waals surface area (Å²) < 4.78 is 5.41. The number of fused-ring (bicyclic) bond motifs is 1. The highest BCUT2D eigenvalue weighted by Gasteiger charge is 2.39. The second kappa shape index (κ2) is 8.17. The van der Waals surface area contributed by atoms with Gasteiger partial charge in [-0.05, 0) is 48.0 Å². The van der Waals surface area contributed by atoms with E-state index in [1.165, 1.54) is 17.0 Å². The largest absolute Gasteiger partial charge is 0.384 e. The van der Waals surface area contributed by atoms with E-state index in [0.717, 1.165) is 5.56 Å². The third-order valence-corrected chi connectivity index (χ3v) is 5.17. The molecule has 160 valence electrons. The first-order valence-electron chi connectivity index (χ1n) is 9.62.